The van der Waals surface area contributed by atoms with E-state index in [1.54, 1.807) is 11.3 Å². The molecule has 15 aromatic carbocycles. The molecule has 0 aliphatic rings. The molecule has 0 aliphatic heterocycles. The monoisotopic (exact) mass is 1520 g/mol. The molecule has 0 radical (unpaired) electrons. The maximum atomic E-state index is 5.45. The van der Waals surface area contributed by atoms with Gasteiger partial charge in [0.15, 0.2) is 46.6 Å². The molecule has 21 rings (SSSR count). The number of hydrogen-bond donors (Lipinski definition) is 0. The molecule has 116 heavy (non-hydrogen) atoms. The Morgan fingerprint density at radius 3 is 0.940 bits per heavy atom. The van der Waals surface area contributed by atoms with Gasteiger partial charge >= 0.3 is 0 Å². The van der Waals surface area contributed by atoms with Crippen LogP contribution in [0.2, 0.25) is 0 Å². The quantitative estimate of drug-likeness (QED) is 0.0922. The first-order valence-electron chi connectivity index (χ1n) is 38.5. The molecule has 6 aromatic heterocycles. The molecule has 0 atom stereocenters. The predicted octanol–water partition coefficient (Wildman–Crippen LogP) is 27.0. The second-order valence-corrected chi connectivity index (χ2v) is 30.7. The molecule has 0 fully saturated rings. The van der Waals surface area contributed by atoms with Crippen LogP contribution < -0.4 is 0 Å². The summed E-state index contributed by atoms with van der Waals surface area (Å²) in [5.74, 6) is 4.74. The topological polar surface area (TPSA) is 129 Å². The first kappa shape index (κ1) is 68.9. The van der Waals surface area contributed by atoms with Gasteiger partial charge < -0.3 is 0 Å². The van der Waals surface area contributed by atoms with Gasteiger partial charge in [-0.2, -0.15) is 0 Å². The molecule has 6 heterocycles. The Kier molecular flexibility index (Phi) is 17.7. The highest BCUT2D eigenvalue weighted by atomic mass is 32.1. The number of nitrogens with zero attached hydrogens (tertiary/aromatic N) is 10. The summed E-state index contributed by atoms with van der Waals surface area (Å²) in [5.41, 5.74) is 22.9. The minimum atomic E-state index is 0.561. The second kappa shape index (κ2) is 29.9. The summed E-state index contributed by atoms with van der Waals surface area (Å²) in [5, 5.41) is 4.66. The highest BCUT2D eigenvalue weighted by Crippen LogP contribution is 2.49. The molecule has 0 saturated carbocycles. The van der Waals surface area contributed by atoms with Crippen LogP contribution in [0.5, 0.6) is 0 Å². The van der Waals surface area contributed by atoms with Gasteiger partial charge in [-0.3, -0.25) is 0 Å². The molecule has 21 aromatic rings. The molecule has 10 nitrogen and oxygen atoms in total. The van der Waals surface area contributed by atoms with Gasteiger partial charge in [-0.25, -0.2) is 49.8 Å². The fourth-order valence-corrected chi connectivity index (χ4v) is 18.1. The van der Waals surface area contributed by atoms with E-state index >= 15 is 0 Å². The van der Waals surface area contributed by atoms with Crippen molar-refractivity contribution in [1.82, 2.24) is 49.8 Å². The molecule has 542 valence electrons. The van der Waals surface area contributed by atoms with Crippen molar-refractivity contribution in [2.75, 3.05) is 0 Å². The first-order chi connectivity index (χ1) is 57.4. The van der Waals surface area contributed by atoms with Crippen LogP contribution in [-0.4, -0.2) is 49.8 Å². The zero-order valence-corrected chi connectivity index (χ0v) is 63.9. The standard InChI is InChI=1S/C104H64N10S2/c1-8-27-66(28-9-1)87-63-88(67-29-10-2-11-30-67)107-102(106-87)80-46-26-44-78(61-80)93-81(55-57-85-83-47-22-23-48-91(83)115-95(85)93)65-49-51-73(52-50-65)101-109-98(70-35-16-5-17-36-70)111-103(112-101)79-45-24-41-74(59-79)75-53-54-84-86-58-56-82(76-42-25-43-77(60-76)90-64-89(68-31-12-3-13-32-68)105-97(108-90)69-33-14-4-15-34-69)94(96(86)116-92(84)62-75)104-113-99(71-37-18-6-19-38-71)110-100(114-104)72-39-20-7-21-40-72/h1-64H. The van der Waals surface area contributed by atoms with E-state index in [1.807, 2.05) is 114 Å². The maximum absolute atomic E-state index is 5.45. The number of benzene rings is 15. The van der Waals surface area contributed by atoms with Crippen LogP contribution in [0.1, 0.15) is 0 Å². The molecule has 12 heteroatoms. The van der Waals surface area contributed by atoms with Crippen molar-refractivity contribution < 1.29 is 0 Å². The zero-order chi connectivity index (χ0) is 76.8. The van der Waals surface area contributed by atoms with Crippen LogP contribution in [-0.2, 0) is 0 Å². The van der Waals surface area contributed by atoms with Gasteiger partial charge in [-0.05, 0) is 81.4 Å². The minimum Gasteiger partial charge on any atom is -0.228 e. The molecule has 0 amide bonds. The van der Waals surface area contributed by atoms with Gasteiger partial charge in [-0.15, -0.1) is 22.7 Å². The van der Waals surface area contributed by atoms with Crippen molar-refractivity contribution in [1.29, 1.82) is 0 Å². The maximum Gasteiger partial charge on any atom is 0.166 e. The first-order valence-corrected chi connectivity index (χ1v) is 40.1. The van der Waals surface area contributed by atoms with Gasteiger partial charge in [0.05, 0.1) is 22.8 Å². The Labute approximate surface area is 677 Å². The number of thiophene rings is 2. The molecule has 0 N–H and O–H groups in total. The van der Waals surface area contributed by atoms with Gasteiger partial charge in [0.2, 0.25) is 0 Å². The molecule has 0 spiro atoms. The third kappa shape index (κ3) is 13.3. The normalized spacial score (nSPS) is 11.4. The molecule has 0 aliphatic carbocycles. The van der Waals surface area contributed by atoms with Crippen molar-refractivity contribution in [3.8, 4) is 181 Å². The van der Waals surface area contributed by atoms with Crippen LogP contribution in [0.15, 0.2) is 388 Å². The van der Waals surface area contributed by atoms with Crippen LogP contribution in [0.4, 0.5) is 0 Å². The summed E-state index contributed by atoms with van der Waals surface area (Å²) < 4.78 is 4.60. The molecule has 0 saturated heterocycles. The van der Waals surface area contributed by atoms with Crippen LogP contribution in [0, 0.1) is 0 Å². The molecular formula is C104H64N10S2. The largest absolute Gasteiger partial charge is 0.228 e. The van der Waals surface area contributed by atoms with Crippen molar-refractivity contribution in [2.45, 2.75) is 0 Å². The lowest BCUT2D eigenvalue weighted by Gasteiger charge is -2.15. The van der Waals surface area contributed by atoms with E-state index in [0.717, 1.165) is 154 Å². The number of aromatic nitrogens is 10. The van der Waals surface area contributed by atoms with Gasteiger partial charge in [0.25, 0.3) is 0 Å². The summed E-state index contributed by atoms with van der Waals surface area (Å²) in [4.78, 5) is 52.9. The van der Waals surface area contributed by atoms with E-state index in [9.17, 15) is 0 Å². The SMILES string of the molecule is c1ccc(-c2cc(-c3cccc(-c4ccc5c(sc6cc(-c7cccc(-c8nc(-c9ccccc9)nc(-c9ccc(-c%10ccc%11c(sc%12ccccc%12%11)c%10-c%10cccc(-c%11nc(-c%12ccccc%12)cc(-c%12ccccc%12)n%11)c%10)cc9)n8)c7)ccc65)c4-c4nc(-c5ccccc5)nc(-c5ccccc5)n4)c3)nc(-c3ccccc3)n2)cc1. The fourth-order valence-electron chi connectivity index (χ4n) is 15.5. The third-order valence-corrected chi connectivity index (χ3v) is 23.6. The molecule has 0 bridgehead atoms. The van der Waals surface area contributed by atoms with Gasteiger partial charge in [-0.1, -0.05) is 346 Å². The summed E-state index contributed by atoms with van der Waals surface area (Å²) in [6, 6.07) is 135. The van der Waals surface area contributed by atoms with E-state index < -0.39 is 0 Å². The second-order valence-electron chi connectivity index (χ2n) is 28.6. The van der Waals surface area contributed by atoms with E-state index in [4.69, 9.17) is 49.8 Å². The number of rotatable bonds is 16. The van der Waals surface area contributed by atoms with Crippen molar-refractivity contribution in [3.05, 3.63) is 388 Å². The lowest BCUT2D eigenvalue weighted by Crippen LogP contribution is -2.01. The van der Waals surface area contributed by atoms with Crippen LogP contribution >= 0.6 is 22.7 Å². The van der Waals surface area contributed by atoms with E-state index in [-0.39, 0.29) is 0 Å². The molecular weight excluding hydrogens is 1450 g/mol. The van der Waals surface area contributed by atoms with Gasteiger partial charge in [0, 0.05) is 113 Å². The molecule has 0 unspecified atom stereocenters. The highest BCUT2D eigenvalue weighted by Gasteiger charge is 2.25. The van der Waals surface area contributed by atoms with E-state index in [0.29, 0.717) is 46.6 Å². The van der Waals surface area contributed by atoms with Crippen molar-refractivity contribution in [2.24, 2.45) is 0 Å². The van der Waals surface area contributed by atoms with Crippen LogP contribution in [0.25, 0.3) is 221 Å². The Bertz CT molecular complexity index is 7120. The average Bonchev–Trinajstić information content (AvgIpc) is 1.58. The third-order valence-electron chi connectivity index (χ3n) is 21.3. The Morgan fingerprint density at radius 1 is 0.147 bits per heavy atom. The lowest BCUT2D eigenvalue weighted by atomic mass is 9.91. The minimum absolute atomic E-state index is 0.561. The smallest absolute Gasteiger partial charge is 0.166 e. The highest BCUT2D eigenvalue weighted by molar-refractivity contribution is 7.26. The van der Waals surface area contributed by atoms with Crippen molar-refractivity contribution >= 4 is 63.0 Å². The Balaban J connectivity index is 0.662. The summed E-state index contributed by atoms with van der Waals surface area (Å²) >= 11 is 3.57. The lowest BCUT2D eigenvalue weighted by molar-refractivity contribution is 1.07. The fraction of sp³-hybridized carbons (Fsp3) is 0. The number of fused-ring (bicyclic) bond motifs is 6. The zero-order valence-electron chi connectivity index (χ0n) is 62.2. The summed E-state index contributed by atoms with van der Waals surface area (Å²) in [7, 11) is 0. The number of hydrogen-bond acceptors (Lipinski definition) is 12. The van der Waals surface area contributed by atoms with Gasteiger partial charge in [0.1, 0.15) is 0 Å². The predicted molar refractivity (Wildman–Crippen MR) is 477 cm³/mol. The summed E-state index contributed by atoms with van der Waals surface area (Å²) in [6.07, 6.45) is 0. The van der Waals surface area contributed by atoms with Crippen LogP contribution in [0.3, 0.4) is 0 Å². The Hall–Kier alpha value is -15.1. The average molecular weight is 1520 g/mol. The Morgan fingerprint density at radius 2 is 0.440 bits per heavy atom. The van der Waals surface area contributed by atoms with Crippen molar-refractivity contribution in [3.63, 3.8) is 0 Å². The van der Waals surface area contributed by atoms with E-state index in [1.165, 1.54) is 20.2 Å². The van der Waals surface area contributed by atoms with E-state index in [2.05, 4.69) is 285 Å². The summed E-state index contributed by atoms with van der Waals surface area (Å²) in [6.45, 7) is 0.